The number of fused-ring (bicyclic) bond motifs is 1. The first kappa shape index (κ1) is 19.7. The van der Waals surface area contributed by atoms with E-state index < -0.39 is 24.0 Å². The molecule has 0 saturated carbocycles. The first-order valence-electron chi connectivity index (χ1n) is 8.60. The average molecular weight is 403 g/mol. The van der Waals surface area contributed by atoms with Gasteiger partial charge in [-0.1, -0.05) is 42.5 Å². The van der Waals surface area contributed by atoms with Gasteiger partial charge in [0.1, 0.15) is 12.5 Å². The van der Waals surface area contributed by atoms with Crippen molar-refractivity contribution in [3.8, 4) is 0 Å². The molecule has 2 aromatic rings. The molecule has 1 aliphatic rings. The van der Waals surface area contributed by atoms with Gasteiger partial charge in [-0.2, -0.15) is 0 Å². The summed E-state index contributed by atoms with van der Waals surface area (Å²) < 4.78 is 10.2. The molecule has 0 spiro atoms. The standard InChI is InChI=1S/C20H19ClN2O5/c1-27-19(25)17-12-22(20(26)28-13-14-7-3-2-4-8-14)15-9-5-6-10-16(15)23(17)18(24)11-21/h2-10,17H,11-13H2,1H3. The van der Waals surface area contributed by atoms with E-state index in [-0.39, 0.29) is 19.0 Å². The maximum absolute atomic E-state index is 12.8. The van der Waals surface area contributed by atoms with E-state index in [0.717, 1.165) is 5.56 Å². The SMILES string of the molecule is COC(=O)C1CN(C(=O)OCc2ccccc2)c2ccccc2N1C(=O)CCl. The van der Waals surface area contributed by atoms with Crippen LogP contribution < -0.4 is 9.80 Å². The lowest BCUT2D eigenvalue weighted by atomic mass is 10.1. The van der Waals surface area contributed by atoms with Crippen LogP contribution in [0.3, 0.4) is 0 Å². The van der Waals surface area contributed by atoms with Crippen molar-refractivity contribution in [2.24, 2.45) is 0 Å². The Hall–Kier alpha value is -3.06. The Morgan fingerprint density at radius 3 is 2.32 bits per heavy atom. The third-order valence-electron chi connectivity index (χ3n) is 4.38. The number of benzene rings is 2. The number of amides is 2. The van der Waals surface area contributed by atoms with E-state index >= 15 is 0 Å². The first-order valence-corrected chi connectivity index (χ1v) is 9.13. The van der Waals surface area contributed by atoms with Crippen molar-refractivity contribution in [1.82, 2.24) is 0 Å². The number of carbonyl (C=O) groups excluding carboxylic acids is 3. The Bertz CT molecular complexity index is 874. The van der Waals surface area contributed by atoms with Crippen LogP contribution in [0.25, 0.3) is 0 Å². The summed E-state index contributed by atoms with van der Waals surface area (Å²) in [5.74, 6) is -1.41. The lowest BCUT2D eigenvalue weighted by Crippen LogP contribution is -2.57. The van der Waals surface area contributed by atoms with Crippen molar-refractivity contribution in [3.05, 3.63) is 60.2 Å². The number of carbonyl (C=O) groups is 3. The molecule has 0 aromatic heterocycles. The van der Waals surface area contributed by atoms with Gasteiger partial charge in [-0.3, -0.25) is 14.6 Å². The summed E-state index contributed by atoms with van der Waals surface area (Å²) >= 11 is 5.73. The third kappa shape index (κ3) is 3.94. The first-order chi connectivity index (χ1) is 13.6. The zero-order chi connectivity index (χ0) is 20.1. The van der Waals surface area contributed by atoms with Gasteiger partial charge < -0.3 is 9.47 Å². The molecule has 3 rings (SSSR count). The highest BCUT2D eigenvalue weighted by atomic mass is 35.5. The van der Waals surface area contributed by atoms with E-state index in [0.29, 0.717) is 11.4 Å². The lowest BCUT2D eigenvalue weighted by Gasteiger charge is -2.40. The number of nitrogens with zero attached hydrogens (tertiary/aromatic N) is 2. The van der Waals surface area contributed by atoms with Gasteiger partial charge in [0.15, 0.2) is 6.04 Å². The van der Waals surface area contributed by atoms with Crippen LogP contribution >= 0.6 is 11.6 Å². The summed E-state index contributed by atoms with van der Waals surface area (Å²) in [6.07, 6.45) is -0.622. The molecule has 0 radical (unpaired) electrons. The molecule has 0 aliphatic carbocycles. The van der Waals surface area contributed by atoms with Gasteiger partial charge >= 0.3 is 12.1 Å². The Balaban J connectivity index is 1.91. The molecule has 1 atom stereocenters. The van der Waals surface area contributed by atoms with Gasteiger partial charge in [0, 0.05) is 0 Å². The second-order valence-corrected chi connectivity index (χ2v) is 6.34. The number of methoxy groups -OCH3 is 1. The number of anilines is 2. The van der Waals surface area contributed by atoms with Crippen LogP contribution in [0, 0.1) is 0 Å². The highest BCUT2D eigenvalue weighted by Gasteiger charge is 2.41. The molecule has 8 heteroatoms. The van der Waals surface area contributed by atoms with Gasteiger partial charge in [-0.25, -0.2) is 9.59 Å². The van der Waals surface area contributed by atoms with Crippen LogP contribution in [0.2, 0.25) is 0 Å². The summed E-state index contributed by atoms with van der Waals surface area (Å²) in [6, 6.07) is 15.0. The molecule has 146 valence electrons. The van der Waals surface area contributed by atoms with Gasteiger partial charge in [0.05, 0.1) is 25.0 Å². The Morgan fingerprint density at radius 1 is 1.04 bits per heavy atom. The number of rotatable bonds is 4. The fourth-order valence-electron chi connectivity index (χ4n) is 3.08. The van der Waals surface area contributed by atoms with Crippen LogP contribution in [0.15, 0.2) is 54.6 Å². The summed E-state index contributed by atoms with van der Waals surface area (Å²) in [6.45, 7) is -0.00844. The van der Waals surface area contributed by atoms with Gasteiger partial charge in [0.2, 0.25) is 5.91 Å². The van der Waals surface area contributed by atoms with Crippen molar-refractivity contribution in [1.29, 1.82) is 0 Å². The molecule has 2 aromatic carbocycles. The minimum absolute atomic E-state index is 0.0888. The molecule has 2 amide bonds. The molecule has 1 unspecified atom stereocenters. The summed E-state index contributed by atoms with van der Waals surface area (Å²) in [4.78, 5) is 40.1. The normalized spacial score (nSPS) is 15.6. The maximum Gasteiger partial charge on any atom is 0.414 e. The number of ether oxygens (including phenoxy) is 2. The van der Waals surface area contributed by atoms with Crippen molar-refractivity contribution in [2.45, 2.75) is 12.6 Å². The Labute approximate surface area is 167 Å². The van der Waals surface area contributed by atoms with Crippen molar-refractivity contribution >= 4 is 40.9 Å². The number of esters is 1. The van der Waals surface area contributed by atoms with E-state index in [1.165, 1.54) is 16.9 Å². The fraction of sp³-hybridized carbons (Fsp3) is 0.250. The number of halogens is 1. The second-order valence-electron chi connectivity index (χ2n) is 6.08. The van der Waals surface area contributed by atoms with E-state index in [1.54, 1.807) is 24.3 Å². The molecule has 0 saturated heterocycles. The monoisotopic (exact) mass is 402 g/mol. The van der Waals surface area contributed by atoms with Crippen LogP contribution in [0.5, 0.6) is 0 Å². The Kier molecular flexibility index (Phi) is 6.16. The molecule has 0 N–H and O–H groups in total. The molecule has 0 bridgehead atoms. The van der Waals surface area contributed by atoms with Crippen molar-refractivity contribution in [3.63, 3.8) is 0 Å². The van der Waals surface area contributed by atoms with E-state index in [4.69, 9.17) is 21.1 Å². The van der Waals surface area contributed by atoms with Crippen LogP contribution in [-0.4, -0.2) is 43.5 Å². The second kappa shape index (κ2) is 8.75. The predicted molar refractivity (Wildman–Crippen MR) is 104 cm³/mol. The lowest BCUT2D eigenvalue weighted by molar-refractivity contribution is -0.143. The summed E-state index contributed by atoms with van der Waals surface area (Å²) in [5.41, 5.74) is 1.69. The topological polar surface area (TPSA) is 76.2 Å². The Morgan fingerprint density at radius 2 is 1.68 bits per heavy atom. The zero-order valence-electron chi connectivity index (χ0n) is 15.2. The van der Waals surface area contributed by atoms with Gasteiger partial charge in [-0.05, 0) is 17.7 Å². The van der Waals surface area contributed by atoms with Crippen LogP contribution in [0.4, 0.5) is 16.2 Å². The minimum atomic E-state index is -1.02. The minimum Gasteiger partial charge on any atom is -0.467 e. The molecular weight excluding hydrogens is 384 g/mol. The summed E-state index contributed by atoms with van der Waals surface area (Å²) in [5, 5.41) is 0. The average Bonchev–Trinajstić information content (AvgIpc) is 2.75. The maximum atomic E-state index is 12.8. The van der Waals surface area contributed by atoms with E-state index in [2.05, 4.69) is 0 Å². The zero-order valence-corrected chi connectivity index (χ0v) is 16.0. The van der Waals surface area contributed by atoms with Gasteiger partial charge in [0.25, 0.3) is 0 Å². The fourth-order valence-corrected chi connectivity index (χ4v) is 3.20. The van der Waals surface area contributed by atoms with E-state index in [9.17, 15) is 14.4 Å². The molecule has 7 nitrogen and oxygen atoms in total. The molecule has 0 fully saturated rings. The molecule has 28 heavy (non-hydrogen) atoms. The molecular formula is C20H19ClN2O5. The third-order valence-corrected chi connectivity index (χ3v) is 4.61. The summed E-state index contributed by atoms with van der Waals surface area (Å²) in [7, 11) is 1.23. The number of para-hydroxylation sites is 2. The number of hydrogen-bond donors (Lipinski definition) is 0. The highest BCUT2D eigenvalue weighted by Crippen LogP contribution is 2.36. The highest BCUT2D eigenvalue weighted by molar-refractivity contribution is 6.30. The number of hydrogen-bond acceptors (Lipinski definition) is 5. The van der Waals surface area contributed by atoms with Crippen molar-refractivity contribution < 1.29 is 23.9 Å². The molecule has 1 heterocycles. The van der Waals surface area contributed by atoms with E-state index in [1.807, 2.05) is 30.3 Å². The largest absolute Gasteiger partial charge is 0.467 e. The number of alkyl halides is 1. The van der Waals surface area contributed by atoms with Gasteiger partial charge in [-0.15, -0.1) is 11.6 Å². The smallest absolute Gasteiger partial charge is 0.414 e. The quantitative estimate of drug-likeness (QED) is 0.580. The van der Waals surface area contributed by atoms with Crippen LogP contribution in [0.1, 0.15) is 5.56 Å². The van der Waals surface area contributed by atoms with Crippen molar-refractivity contribution in [2.75, 3.05) is 29.3 Å². The van der Waals surface area contributed by atoms with Crippen LogP contribution in [-0.2, 0) is 25.7 Å². The molecule has 1 aliphatic heterocycles. The predicted octanol–water partition coefficient (Wildman–Crippen LogP) is 2.96.